The molecule has 0 fully saturated rings. The van der Waals surface area contributed by atoms with E-state index in [1.807, 2.05) is 38.1 Å². The zero-order valence-corrected chi connectivity index (χ0v) is 8.56. The van der Waals surface area contributed by atoms with Gasteiger partial charge in [0.05, 0.1) is 0 Å². The summed E-state index contributed by atoms with van der Waals surface area (Å²) in [6.07, 6.45) is 1.12. The van der Waals surface area contributed by atoms with Gasteiger partial charge >= 0.3 is 0 Å². The Morgan fingerprint density at radius 3 is 2.71 bits per heavy atom. The van der Waals surface area contributed by atoms with Crippen LogP contribution in [0, 0.1) is 17.0 Å². The molecule has 1 aromatic carbocycles. The van der Waals surface area contributed by atoms with Gasteiger partial charge in [-0.05, 0) is 12.5 Å². The van der Waals surface area contributed by atoms with Gasteiger partial charge in [-0.1, -0.05) is 36.8 Å². The first-order chi connectivity index (χ1) is 6.63. The molecule has 1 unspecified atom stereocenters. The number of nitrogens with zero attached hydrogens (tertiary/aromatic N) is 1. The average molecular weight is 193 g/mol. The van der Waals surface area contributed by atoms with E-state index in [4.69, 9.17) is 0 Å². The highest BCUT2D eigenvalue weighted by Gasteiger charge is 2.17. The maximum atomic E-state index is 10.6. The van der Waals surface area contributed by atoms with Gasteiger partial charge in [0, 0.05) is 17.8 Å². The van der Waals surface area contributed by atoms with Crippen LogP contribution in [0.25, 0.3) is 0 Å². The van der Waals surface area contributed by atoms with Crippen LogP contribution < -0.4 is 0 Å². The third-order valence-electron chi connectivity index (χ3n) is 2.32. The number of hydrogen-bond acceptors (Lipinski definition) is 2. The molecule has 0 amide bonds. The third-order valence-corrected chi connectivity index (χ3v) is 2.32. The summed E-state index contributed by atoms with van der Waals surface area (Å²) in [5, 5.41) is 10.6. The summed E-state index contributed by atoms with van der Waals surface area (Å²) >= 11 is 0. The van der Waals surface area contributed by atoms with Gasteiger partial charge in [0.25, 0.3) is 0 Å². The number of rotatable bonds is 4. The highest BCUT2D eigenvalue weighted by atomic mass is 16.6. The van der Waals surface area contributed by atoms with Gasteiger partial charge in [0.15, 0.2) is 0 Å². The first kappa shape index (κ1) is 10.7. The highest BCUT2D eigenvalue weighted by Crippen LogP contribution is 2.10. The van der Waals surface area contributed by atoms with E-state index in [-0.39, 0.29) is 4.92 Å². The Labute approximate surface area is 83.9 Å². The normalized spacial score (nSPS) is 12.4. The van der Waals surface area contributed by atoms with Gasteiger partial charge in [-0.15, -0.1) is 0 Å². The molecule has 0 saturated carbocycles. The van der Waals surface area contributed by atoms with Crippen LogP contribution in [0.2, 0.25) is 0 Å². The minimum atomic E-state index is -0.447. The molecule has 0 saturated heterocycles. The number of benzene rings is 1. The first-order valence-electron chi connectivity index (χ1n) is 4.82. The molecule has 3 nitrogen and oxygen atoms in total. The largest absolute Gasteiger partial charge is 0.264 e. The van der Waals surface area contributed by atoms with Crippen molar-refractivity contribution >= 4 is 0 Å². The van der Waals surface area contributed by atoms with Crippen molar-refractivity contribution in [1.29, 1.82) is 0 Å². The zero-order chi connectivity index (χ0) is 10.6. The number of aryl methyl sites for hydroxylation is 1. The minimum Gasteiger partial charge on any atom is -0.264 e. The second-order valence-electron chi connectivity index (χ2n) is 3.54. The van der Waals surface area contributed by atoms with Gasteiger partial charge in [-0.3, -0.25) is 10.1 Å². The zero-order valence-electron chi connectivity index (χ0n) is 8.56. The monoisotopic (exact) mass is 193 g/mol. The van der Waals surface area contributed by atoms with Crippen LogP contribution in [0.5, 0.6) is 0 Å². The Hall–Kier alpha value is -1.38. The predicted octanol–water partition coefficient (Wildman–Crippen LogP) is 2.59. The molecular formula is C11H15NO2. The molecule has 1 atom stereocenters. The molecule has 0 bridgehead atoms. The summed E-state index contributed by atoms with van der Waals surface area (Å²) in [5.74, 6) is 0. The summed E-state index contributed by atoms with van der Waals surface area (Å²) in [4.78, 5) is 10.4. The van der Waals surface area contributed by atoms with Gasteiger partial charge < -0.3 is 0 Å². The van der Waals surface area contributed by atoms with Crippen LogP contribution in [0.15, 0.2) is 24.3 Å². The number of nitro groups is 1. The molecule has 0 aromatic heterocycles. The van der Waals surface area contributed by atoms with Gasteiger partial charge in [0.2, 0.25) is 6.04 Å². The quantitative estimate of drug-likeness (QED) is 0.545. The van der Waals surface area contributed by atoms with Gasteiger partial charge in [-0.25, -0.2) is 0 Å². The molecule has 0 radical (unpaired) electrons. The van der Waals surface area contributed by atoms with E-state index in [1.165, 1.54) is 0 Å². The molecule has 14 heavy (non-hydrogen) atoms. The lowest BCUT2D eigenvalue weighted by Gasteiger charge is -2.07. The second-order valence-corrected chi connectivity index (χ2v) is 3.54. The molecule has 3 heteroatoms. The Morgan fingerprint density at radius 2 is 2.21 bits per heavy atom. The fraction of sp³-hybridized carbons (Fsp3) is 0.455. The molecule has 0 heterocycles. The van der Waals surface area contributed by atoms with Crippen molar-refractivity contribution in [3.8, 4) is 0 Å². The average Bonchev–Trinajstić information content (AvgIpc) is 2.14. The lowest BCUT2D eigenvalue weighted by Crippen LogP contribution is -2.20. The van der Waals surface area contributed by atoms with Crippen LogP contribution >= 0.6 is 0 Å². The van der Waals surface area contributed by atoms with E-state index in [0.717, 1.165) is 11.1 Å². The molecule has 0 spiro atoms. The van der Waals surface area contributed by atoms with Crippen molar-refractivity contribution in [1.82, 2.24) is 0 Å². The Bertz CT molecular complexity index is 323. The summed E-state index contributed by atoms with van der Waals surface area (Å²) in [6, 6.07) is 7.44. The van der Waals surface area contributed by atoms with E-state index in [0.29, 0.717) is 12.8 Å². The fourth-order valence-corrected chi connectivity index (χ4v) is 1.48. The van der Waals surface area contributed by atoms with Crippen molar-refractivity contribution in [3.05, 3.63) is 45.5 Å². The SMILES string of the molecule is CCC(Cc1cccc(C)c1)[N+](=O)[O-]. The highest BCUT2D eigenvalue weighted by molar-refractivity contribution is 5.22. The number of hydrogen-bond donors (Lipinski definition) is 0. The van der Waals surface area contributed by atoms with Gasteiger partial charge in [-0.2, -0.15) is 0 Å². The molecule has 0 aliphatic rings. The first-order valence-corrected chi connectivity index (χ1v) is 4.82. The maximum absolute atomic E-state index is 10.6. The fourth-order valence-electron chi connectivity index (χ4n) is 1.48. The summed E-state index contributed by atoms with van der Waals surface area (Å²) in [7, 11) is 0. The third kappa shape index (κ3) is 2.83. The van der Waals surface area contributed by atoms with Gasteiger partial charge in [0.1, 0.15) is 0 Å². The van der Waals surface area contributed by atoms with Crippen molar-refractivity contribution in [2.24, 2.45) is 0 Å². The Kier molecular flexibility index (Phi) is 3.63. The van der Waals surface area contributed by atoms with E-state index < -0.39 is 6.04 Å². The maximum Gasteiger partial charge on any atom is 0.216 e. The minimum absolute atomic E-state index is 0.192. The van der Waals surface area contributed by atoms with Crippen molar-refractivity contribution in [3.63, 3.8) is 0 Å². The lowest BCUT2D eigenvalue weighted by molar-refractivity contribution is -0.522. The van der Waals surface area contributed by atoms with E-state index in [1.54, 1.807) is 0 Å². The summed E-state index contributed by atoms with van der Waals surface area (Å²) in [6.45, 7) is 3.85. The Balaban J connectivity index is 2.72. The summed E-state index contributed by atoms with van der Waals surface area (Å²) in [5.41, 5.74) is 2.20. The van der Waals surface area contributed by atoms with Crippen LogP contribution in [0.3, 0.4) is 0 Å². The van der Waals surface area contributed by atoms with Crippen molar-refractivity contribution < 1.29 is 4.92 Å². The predicted molar refractivity (Wildman–Crippen MR) is 56.0 cm³/mol. The summed E-state index contributed by atoms with van der Waals surface area (Å²) < 4.78 is 0. The van der Waals surface area contributed by atoms with Crippen LogP contribution in [-0.4, -0.2) is 11.0 Å². The molecule has 76 valence electrons. The molecule has 1 rings (SSSR count). The second kappa shape index (κ2) is 4.74. The molecule has 0 aliphatic heterocycles. The molecule has 0 N–H and O–H groups in total. The van der Waals surface area contributed by atoms with Crippen LogP contribution in [0.1, 0.15) is 24.5 Å². The lowest BCUT2D eigenvalue weighted by atomic mass is 10.0. The molecule has 1 aromatic rings. The van der Waals surface area contributed by atoms with E-state index >= 15 is 0 Å². The standard InChI is InChI=1S/C11H15NO2/c1-3-11(12(13)14)8-10-6-4-5-9(2)7-10/h4-7,11H,3,8H2,1-2H3. The molecular weight excluding hydrogens is 178 g/mol. The van der Waals surface area contributed by atoms with Crippen LogP contribution in [-0.2, 0) is 6.42 Å². The smallest absolute Gasteiger partial charge is 0.216 e. The van der Waals surface area contributed by atoms with E-state index in [2.05, 4.69) is 0 Å². The van der Waals surface area contributed by atoms with E-state index in [9.17, 15) is 10.1 Å². The van der Waals surface area contributed by atoms with Crippen molar-refractivity contribution in [2.45, 2.75) is 32.7 Å². The van der Waals surface area contributed by atoms with Crippen LogP contribution in [0.4, 0.5) is 0 Å². The Morgan fingerprint density at radius 1 is 1.50 bits per heavy atom. The topological polar surface area (TPSA) is 43.1 Å². The molecule has 0 aliphatic carbocycles. The van der Waals surface area contributed by atoms with Crippen molar-refractivity contribution in [2.75, 3.05) is 0 Å².